The number of halogens is 3. The molecule has 0 aliphatic carbocycles. The maximum absolute atomic E-state index is 13.7. The Kier molecular flexibility index (Phi) is 4.93. The van der Waals surface area contributed by atoms with Crippen LogP contribution in [0.4, 0.5) is 13.2 Å². The van der Waals surface area contributed by atoms with Gasteiger partial charge in [-0.15, -0.1) is 0 Å². The number of nitrogens with one attached hydrogen (secondary N) is 1. The lowest BCUT2D eigenvalue weighted by atomic mass is 10.0. The molecule has 156 valence electrons. The lowest BCUT2D eigenvalue weighted by molar-refractivity contribution is -0.137. The quantitative estimate of drug-likeness (QED) is 0.683. The van der Waals surface area contributed by atoms with Gasteiger partial charge in [0.15, 0.2) is 9.84 Å². The number of benzene rings is 1. The van der Waals surface area contributed by atoms with Gasteiger partial charge in [-0.2, -0.15) is 18.3 Å². The van der Waals surface area contributed by atoms with Gasteiger partial charge >= 0.3 is 11.9 Å². The average Bonchev–Trinajstić information content (AvgIpc) is 3.06. The molecule has 0 amide bonds. The molecule has 29 heavy (non-hydrogen) atoms. The maximum Gasteiger partial charge on any atom is 0.417 e. The van der Waals surface area contributed by atoms with Gasteiger partial charge in [0, 0.05) is 24.1 Å². The molecule has 1 N–H and O–H groups in total. The van der Waals surface area contributed by atoms with Crippen LogP contribution in [-0.4, -0.2) is 34.0 Å². The van der Waals surface area contributed by atoms with Crippen LogP contribution in [-0.2, 0) is 21.9 Å². The Hall–Kier alpha value is -2.89. The summed E-state index contributed by atoms with van der Waals surface area (Å²) in [5.41, 5.74) is -3.67. The molecule has 0 bridgehead atoms. The number of aromatic nitrogens is 4. The van der Waals surface area contributed by atoms with Crippen LogP contribution in [0.2, 0.25) is 0 Å². The van der Waals surface area contributed by atoms with Crippen molar-refractivity contribution in [2.24, 2.45) is 0 Å². The Morgan fingerprint density at radius 1 is 1.21 bits per heavy atom. The molecule has 0 unspecified atom stereocenters. The fraction of sp³-hybridized carbons (Fsp3) is 0.353. The maximum atomic E-state index is 13.7. The monoisotopic (exact) mass is 430 g/mol. The zero-order valence-electron chi connectivity index (χ0n) is 15.6. The van der Waals surface area contributed by atoms with E-state index in [0.29, 0.717) is 10.6 Å². The Labute approximate surface area is 162 Å². The lowest BCUT2D eigenvalue weighted by Crippen LogP contribution is -2.37. The van der Waals surface area contributed by atoms with E-state index >= 15 is 0 Å². The minimum atomic E-state index is -4.77. The molecule has 2 heterocycles. The fourth-order valence-corrected chi connectivity index (χ4v) is 3.74. The topological polar surface area (TPSA) is 107 Å². The molecular weight excluding hydrogens is 413 g/mol. The van der Waals surface area contributed by atoms with Crippen LogP contribution in [0.15, 0.2) is 34.0 Å². The average molecular weight is 430 g/mol. The Morgan fingerprint density at radius 2 is 1.86 bits per heavy atom. The van der Waals surface area contributed by atoms with E-state index in [9.17, 15) is 31.2 Å². The van der Waals surface area contributed by atoms with Crippen molar-refractivity contribution < 1.29 is 21.6 Å². The number of rotatable bonds is 4. The van der Waals surface area contributed by atoms with E-state index in [0.717, 1.165) is 12.3 Å². The molecule has 0 spiro atoms. The van der Waals surface area contributed by atoms with Crippen LogP contribution in [0, 0.1) is 0 Å². The first kappa shape index (κ1) is 20.8. The summed E-state index contributed by atoms with van der Waals surface area (Å²) in [7, 11) is -3.74. The number of alkyl halides is 3. The van der Waals surface area contributed by atoms with Crippen LogP contribution in [0.25, 0.3) is 22.2 Å². The number of aromatic amines is 1. The summed E-state index contributed by atoms with van der Waals surface area (Å²) in [5.74, 6) is -0.891. The van der Waals surface area contributed by atoms with Crippen molar-refractivity contribution in [2.45, 2.75) is 31.9 Å². The van der Waals surface area contributed by atoms with Crippen LogP contribution in [0.3, 0.4) is 0 Å². The highest BCUT2D eigenvalue weighted by Crippen LogP contribution is 2.39. The van der Waals surface area contributed by atoms with Crippen LogP contribution in [0.1, 0.15) is 25.5 Å². The summed E-state index contributed by atoms with van der Waals surface area (Å²) in [4.78, 5) is 27.0. The number of hydrogen-bond donors (Lipinski definition) is 1. The molecule has 0 saturated heterocycles. The fourth-order valence-electron chi connectivity index (χ4n) is 3.04. The molecule has 12 heteroatoms. The van der Waals surface area contributed by atoms with Crippen LogP contribution >= 0.6 is 0 Å². The number of sulfone groups is 1. The first-order chi connectivity index (χ1) is 13.3. The molecule has 2 aromatic heterocycles. The third-order valence-corrected chi connectivity index (χ3v) is 4.95. The zero-order valence-corrected chi connectivity index (χ0v) is 16.4. The summed E-state index contributed by atoms with van der Waals surface area (Å²) in [6.45, 7) is 3.47. The van der Waals surface area contributed by atoms with Crippen molar-refractivity contribution in [3.63, 3.8) is 0 Å². The number of H-pyrrole nitrogens is 1. The van der Waals surface area contributed by atoms with E-state index in [-0.39, 0.29) is 28.2 Å². The van der Waals surface area contributed by atoms with Crippen LogP contribution in [0.5, 0.6) is 0 Å². The van der Waals surface area contributed by atoms with Crippen molar-refractivity contribution in [1.29, 1.82) is 0 Å². The minimum absolute atomic E-state index is 0.134. The number of fused-ring (bicyclic) bond motifs is 1. The van der Waals surface area contributed by atoms with E-state index < -0.39 is 38.7 Å². The predicted octanol–water partition coefficient (Wildman–Crippen LogP) is 2.16. The van der Waals surface area contributed by atoms with Gasteiger partial charge in [0.2, 0.25) is 0 Å². The van der Waals surface area contributed by atoms with Crippen molar-refractivity contribution in [2.75, 3.05) is 6.26 Å². The van der Waals surface area contributed by atoms with Gasteiger partial charge in [-0.05, 0) is 32.0 Å². The summed E-state index contributed by atoms with van der Waals surface area (Å²) in [6.07, 6.45) is -2.59. The number of nitrogens with zero attached hydrogens (tertiary/aromatic N) is 3. The molecule has 0 saturated carbocycles. The van der Waals surface area contributed by atoms with E-state index in [2.05, 4.69) is 10.1 Å². The molecule has 0 aliphatic rings. The van der Waals surface area contributed by atoms with Gasteiger partial charge in [0.25, 0.3) is 5.56 Å². The molecule has 0 atom stereocenters. The van der Waals surface area contributed by atoms with Gasteiger partial charge in [0.1, 0.15) is 5.88 Å². The molecule has 8 nitrogen and oxygen atoms in total. The highest BCUT2D eigenvalue weighted by atomic mass is 32.2. The normalized spacial score (nSPS) is 12.8. The molecule has 3 rings (SSSR count). The van der Waals surface area contributed by atoms with E-state index in [1.807, 2.05) is 0 Å². The van der Waals surface area contributed by atoms with Gasteiger partial charge in [-0.1, -0.05) is 0 Å². The Bertz CT molecular complexity index is 1320. The summed E-state index contributed by atoms with van der Waals surface area (Å²) in [5, 5.41) is 3.78. The smallest absolute Gasteiger partial charge is 0.307 e. The largest absolute Gasteiger partial charge is 0.417 e. The molecular formula is C17H17F3N4O4S. The summed E-state index contributed by atoms with van der Waals surface area (Å²) >= 11 is 0. The van der Waals surface area contributed by atoms with E-state index in [1.165, 1.54) is 16.9 Å². The molecule has 0 aliphatic heterocycles. The zero-order chi connectivity index (χ0) is 21.7. The summed E-state index contributed by atoms with van der Waals surface area (Å²) < 4.78 is 66.0. The Morgan fingerprint density at radius 3 is 2.41 bits per heavy atom. The Balaban J connectivity index is 2.43. The molecule has 1 aromatic carbocycles. The third kappa shape index (κ3) is 3.97. The standard InChI is InChI=1S/C17H17F3N4O4S/c1-9(2)24-14(4-5-21-24)10-6-11-13(7-12(10)17(18,19)20)22-16(26)23(15(11)25)8-29(3,27)28/h4-7,9H,8H2,1-3H3,(H,22,26). The second kappa shape index (κ2) is 6.87. The van der Waals surface area contributed by atoms with Crippen molar-refractivity contribution in [3.8, 4) is 11.3 Å². The number of hydrogen-bond acceptors (Lipinski definition) is 5. The second-order valence-electron chi connectivity index (χ2n) is 6.91. The van der Waals surface area contributed by atoms with E-state index in [1.54, 1.807) is 13.8 Å². The lowest BCUT2D eigenvalue weighted by Gasteiger charge is -2.17. The summed E-state index contributed by atoms with van der Waals surface area (Å²) in [6, 6.07) is 2.81. The van der Waals surface area contributed by atoms with E-state index in [4.69, 9.17) is 0 Å². The molecule has 0 fully saturated rings. The van der Waals surface area contributed by atoms with Crippen molar-refractivity contribution >= 4 is 20.7 Å². The van der Waals surface area contributed by atoms with Crippen molar-refractivity contribution in [1.82, 2.24) is 19.3 Å². The van der Waals surface area contributed by atoms with Gasteiger partial charge in [0.05, 0.1) is 22.2 Å². The van der Waals surface area contributed by atoms with Crippen LogP contribution < -0.4 is 11.2 Å². The molecule has 3 aromatic rings. The molecule has 0 radical (unpaired) electrons. The highest BCUT2D eigenvalue weighted by Gasteiger charge is 2.35. The SMILES string of the molecule is CC(C)n1nccc1-c1cc2c(=O)n(CS(C)(=O)=O)c(=O)[nH]c2cc1C(F)(F)F. The van der Waals surface area contributed by atoms with Crippen molar-refractivity contribution in [3.05, 3.63) is 50.8 Å². The van der Waals surface area contributed by atoms with Gasteiger partial charge in [-0.25, -0.2) is 17.8 Å². The third-order valence-electron chi connectivity index (χ3n) is 4.22. The minimum Gasteiger partial charge on any atom is -0.307 e. The predicted molar refractivity (Wildman–Crippen MR) is 100 cm³/mol. The first-order valence-electron chi connectivity index (χ1n) is 8.39. The highest BCUT2D eigenvalue weighted by molar-refractivity contribution is 7.89. The van der Waals surface area contributed by atoms with Gasteiger partial charge < -0.3 is 4.98 Å². The first-order valence-corrected chi connectivity index (χ1v) is 10.5. The van der Waals surface area contributed by atoms with Gasteiger partial charge in [-0.3, -0.25) is 9.48 Å². The second-order valence-corrected chi connectivity index (χ2v) is 9.02.